The molecule has 4 rings (SSSR count). The Kier molecular flexibility index (Phi) is 7.17. The van der Waals surface area contributed by atoms with Crippen LogP contribution in [0.15, 0.2) is 33.1 Å². The van der Waals surface area contributed by atoms with Gasteiger partial charge in [0.15, 0.2) is 17.2 Å². The summed E-state index contributed by atoms with van der Waals surface area (Å²) in [6.45, 7) is 2.03. The Morgan fingerprint density at radius 2 is 2.06 bits per heavy atom. The van der Waals surface area contributed by atoms with E-state index in [0.29, 0.717) is 25.0 Å². The van der Waals surface area contributed by atoms with E-state index in [1.807, 2.05) is 0 Å². The Balaban J connectivity index is 0.00000289. The predicted molar refractivity (Wildman–Crippen MR) is 114 cm³/mol. The number of nitrogens with two attached hydrogens (primary N) is 1. The normalized spacial score (nSPS) is 16.3. The highest BCUT2D eigenvalue weighted by molar-refractivity contribution is 6.13. The average Bonchev–Trinajstić information content (AvgIpc) is 3.43. The van der Waals surface area contributed by atoms with Crippen molar-refractivity contribution >= 4 is 40.9 Å². The fourth-order valence-electron chi connectivity index (χ4n) is 3.87. The van der Waals surface area contributed by atoms with E-state index < -0.39 is 29.2 Å². The Bertz CT molecular complexity index is 1150. The first-order valence-corrected chi connectivity index (χ1v) is 9.71. The Labute approximate surface area is 188 Å². The molecule has 3 heterocycles. The maximum atomic E-state index is 14.0. The van der Waals surface area contributed by atoms with Crippen molar-refractivity contribution in [3.8, 4) is 0 Å². The number of halogens is 3. The maximum Gasteiger partial charge on any atom is 0.291 e. The van der Waals surface area contributed by atoms with Gasteiger partial charge in [-0.1, -0.05) is 0 Å². The Hall–Kier alpha value is -2.95. The second kappa shape index (κ2) is 9.68. The van der Waals surface area contributed by atoms with Gasteiger partial charge in [-0.2, -0.15) is 0 Å². The molecule has 0 bridgehead atoms. The van der Waals surface area contributed by atoms with Crippen LogP contribution in [-0.4, -0.2) is 43.0 Å². The number of nitrogens with zero attached hydrogens (tertiary/aromatic N) is 1. The highest BCUT2D eigenvalue weighted by Crippen LogP contribution is 2.33. The number of anilines is 1. The van der Waals surface area contributed by atoms with E-state index in [-0.39, 0.29) is 40.9 Å². The van der Waals surface area contributed by atoms with Crippen LogP contribution in [-0.2, 0) is 11.3 Å². The van der Waals surface area contributed by atoms with Gasteiger partial charge in [-0.05, 0) is 37.6 Å². The third-order valence-electron chi connectivity index (χ3n) is 5.27. The van der Waals surface area contributed by atoms with Crippen LogP contribution in [0.1, 0.15) is 39.7 Å². The standard InChI is InChI=1S/C21H21F2N3O5.ClH/c1-29-10-12-3-2-6-26(12)9-13-4-5-16(30-13)21(28)25-17-14-7-11(22)8-15(23)18(14)31-19(17)20(24)27;/h4-5,7-8,12H,2-3,6,9-10H2,1H3,(H2,24,27)(H,25,28);1H/t12-;/m1./s1. The van der Waals surface area contributed by atoms with E-state index in [1.165, 1.54) is 6.07 Å². The summed E-state index contributed by atoms with van der Waals surface area (Å²) in [6, 6.07) is 5.00. The molecule has 3 N–H and O–H groups in total. The lowest BCUT2D eigenvalue weighted by molar-refractivity contribution is 0.0975. The average molecular weight is 470 g/mol. The number of hydrogen-bond donors (Lipinski definition) is 2. The summed E-state index contributed by atoms with van der Waals surface area (Å²) in [5.41, 5.74) is 4.67. The van der Waals surface area contributed by atoms with Crippen LogP contribution in [0, 0.1) is 11.6 Å². The highest BCUT2D eigenvalue weighted by Gasteiger charge is 2.27. The van der Waals surface area contributed by atoms with Crippen LogP contribution in [0.25, 0.3) is 11.0 Å². The minimum atomic E-state index is -1.04. The largest absolute Gasteiger partial charge is 0.455 e. The zero-order valence-electron chi connectivity index (χ0n) is 17.2. The number of carbonyl (C=O) groups is 2. The SMILES string of the molecule is COC[C@H]1CCCN1Cc1ccc(C(=O)Nc2c(C(N)=O)oc3c(F)cc(F)cc23)o1.Cl. The smallest absolute Gasteiger partial charge is 0.291 e. The van der Waals surface area contributed by atoms with Crippen molar-refractivity contribution in [3.05, 3.63) is 53.2 Å². The number of rotatable bonds is 7. The minimum Gasteiger partial charge on any atom is -0.455 e. The molecule has 1 atom stereocenters. The van der Waals surface area contributed by atoms with Gasteiger partial charge < -0.3 is 24.6 Å². The van der Waals surface area contributed by atoms with Gasteiger partial charge in [0.25, 0.3) is 11.8 Å². The quantitative estimate of drug-likeness (QED) is 0.546. The number of fused-ring (bicyclic) bond motifs is 1. The molecule has 2 amide bonds. The van der Waals surface area contributed by atoms with Crippen LogP contribution in [0.5, 0.6) is 0 Å². The first-order chi connectivity index (χ1) is 14.9. The van der Waals surface area contributed by atoms with E-state index in [9.17, 15) is 18.4 Å². The highest BCUT2D eigenvalue weighted by atomic mass is 35.5. The molecular formula is C21H22ClF2N3O5. The van der Waals surface area contributed by atoms with E-state index in [2.05, 4.69) is 10.2 Å². The molecule has 0 aliphatic carbocycles. The summed E-state index contributed by atoms with van der Waals surface area (Å²) in [4.78, 5) is 26.6. The molecule has 11 heteroatoms. The molecule has 1 fully saturated rings. The lowest BCUT2D eigenvalue weighted by Crippen LogP contribution is -2.32. The number of likely N-dealkylation sites (tertiary alicyclic amines) is 1. The molecule has 0 unspecified atom stereocenters. The van der Waals surface area contributed by atoms with Crippen molar-refractivity contribution in [2.24, 2.45) is 5.73 Å². The molecule has 1 aliphatic heterocycles. The molecule has 1 aliphatic rings. The van der Waals surface area contributed by atoms with Gasteiger partial charge >= 0.3 is 0 Å². The fraction of sp³-hybridized carbons (Fsp3) is 0.333. The van der Waals surface area contributed by atoms with Crippen LogP contribution < -0.4 is 11.1 Å². The summed E-state index contributed by atoms with van der Waals surface area (Å²) < 4.78 is 43.7. The molecular weight excluding hydrogens is 448 g/mol. The zero-order valence-corrected chi connectivity index (χ0v) is 18.0. The van der Waals surface area contributed by atoms with Crippen molar-refractivity contribution in [1.82, 2.24) is 4.90 Å². The van der Waals surface area contributed by atoms with E-state index in [1.54, 1.807) is 13.2 Å². The molecule has 32 heavy (non-hydrogen) atoms. The monoisotopic (exact) mass is 469 g/mol. The van der Waals surface area contributed by atoms with Gasteiger partial charge in [-0.25, -0.2) is 8.78 Å². The number of nitrogens with one attached hydrogen (secondary N) is 1. The number of benzene rings is 1. The lowest BCUT2D eigenvalue weighted by atomic mass is 10.2. The summed E-state index contributed by atoms with van der Waals surface area (Å²) in [6.07, 6.45) is 2.08. The molecule has 0 radical (unpaired) electrons. The van der Waals surface area contributed by atoms with E-state index in [0.717, 1.165) is 25.5 Å². The number of amides is 2. The summed E-state index contributed by atoms with van der Waals surface area (Å²) in [7, 11) is 1.66. The van der Waals surface area contributed by atoms with Gasteiger partial charge in [0, 0.05) is 19.2 Å². The van der Waals surface area contributed by atoms with Crippen LogP contribution >= 0.6 is 12.4 Å². The Morgan fingerprint density at radius 3 is 2.78 bits per heavy atom. The molecule has 0 spiro atoms. The van der Waals surface area contributed by atoms with Gasteiger partial charge in [0.2, 0.25) is 5.76 Å². The van der Waals surface area contributed by atoms with Crippen molar-refractivity contribution < 1.29 is 31.9 Å². The van der Waals surface area contributed by atoms with Crippen molar-refractivity contribution in [3.63, 3.8) is 0 Å². The van der Waals surface area contributed by atoms with Crippen molar-refractivity contribution in [2.75, 3.05) is 25.6 Å². The Morgan fingerprint density at radius 1 is 1.28 bits per heavy atom. The number of carbonyl (C=O) groups excluding carboxylic acids is 2. The molecule has 1 aromatic carbocycles. The third-order valence-corrected chi connectivity index (χ3v) is 5.27. The van der Waals surface area contributed by atoms with Crippen molar-refractivity contribution in [2.45, 2.75) is 25.4 Å². The summed E-state index contributed by atoms with van der Waals surface area (Å²) >= 11 is 0. The number of furan rings is 2. The van der Waals surface area contributed by atoms with Gasteiger partial charge in [-0.3, -0.25) is 14.5 Å². The summed E-state index contributed by atoms with van der Waals surface area (Å²) in [5.74, 6) is -3.60. The minimum absolute atomic E-state index is 0. The van der Waals surface area contributed by atoms with Gasteiger partial charge in [0.05, 0.1) is 18.5 Å². The topological polar surface area (TPSA) is 111 Å². The fourth-order valence-corrected chi connectivity index (χ4v) is 3.87. The van der Waals surface area contributed by atoms with Crippen LogP contribution in [0.4, 0.5) is 14.5 Å². The molecule has 2 aromatic heterocycles. The third kappa shape index (κ3) is 4.62. The second-order valence-electron chi connectivity index (χ2n) is 7.38. The predicted octanol–water partition coefficient (Wildman–Crippen LogP) is 3.69. The molecule has 3 aromatic rings. The van der Waals surface area contributed by atoms with E-state index >= 15 is 0 Å². The summed E-state index contributed by atoms with van der Waals surface area (Å²) in [5, 5.41) is 2.31. The van der Waals surface area contributed by atoms with Crippen LogP contribution in [0.3, 0.4) is 0 Å². The first-order valence-electron chi connectivity index (χ1n) is 9.71. The first kappa shape index (κ1) is 23.7. The molecule has 0 saturated carbocycles. The number of hydrogen-bond acceptors (Lipinski definition) is 6. The molecule has 8 nitrogen and oxygen atoms in total. The van der Waals surface area contributed by atoms with Crippen molar-refractivity contribution in [1.29, 1.82) is 0 Å². The lowest BCUT2D eigenvalue weighted by Gasteiger charge is -2.22. The number of methoxy groups -OCH3 is 1. The van der Waals surface area contributed by atoms with Gasteiger partial charge in [-0.15, -0.1) is 12.4 Å². The molecule has 1 saturated heterocycles. The molecule has 172 valence electrons. The second-order valence-corrected chi connectivity index (χ2v) is 7.38. The zero-order chi connectivity index (χ0) is 22.1. The number of primary amides is 1. The van der Waals surface area contributed by atoms with E-state index in [4.69, 9.17) is 19.3 Å². The maximum absolute atomic E-state index is 14.0. The van der Waals surface area contributed by atoms with Crippen LogP contribution in [0.2, 0.25) is 0 Å². The van der Waals surface area contributed by atoms with Gasteiger partial charge in [0.1, 0.15) is 17.3 Å². The number of ether oxygens (including phenoxy) is 1.